The van der Waals surface area contributed by atoms with Crippen molar-refractivity contribution < 1.29 is 14.7 Å². The Morgan fingerprint density at radius 3 is 2.84 bits per heavy atom. The number of carboxylic acid groups (broad SMARTS) is 1. The Hall–Kier alpha value is -3.07. The normalized spacial score (nSPS) is 13.9. The van der Waals surface area contributed by atoms with E-state index >= 15 is 0 Å². The van der Waals surface area contributed by atoms with Crippen LogP contribution in [0.4, 0.5) is 4.79 Å². The maximum atomic E-state index is 12.1. The van der Waals surface area contributed by atoms with E-state index in [1.165, 1.54) is 4.90 Å². The molecule has 0 saturated heterocycles. The molecule has 3 aromatic heterocycles. The van der Waals surface area contributed by atoms with E-state index in [1.54, 1.807) is 33.9 Å². The van der Waals surface area contributed by atoms with Crippen molar-refractivity contribution in [2.75, 3.05) is 6.54 Å². The summed E-state index contributed by atoms with van der Waals surface area (Å²) in [6.45, 7) is 0.702. The minimum atomic E-state index is -1.05. The van der Waals surface area contributed by atoms with E-state index in [4.69, 9.17) is 17.3 Å². The molecule has 0 radical (unpaired) electrons. The third-order valence-electron chi connectivity index (χ3n) is 4.24. The molecule has 0 aromatic carbocycles. The Labute approximate surface area is 146 Å². The molecule has 0 atom stereocenters. The molecular weight excluding hydrogens is 348 g/mol. The zero-order valence-corrected chi connectivity index (χ0v) is 13.6. The molecule has 3 aromatic rings. The molecule has 25 heavy (non-hydrogen) atoms. The van der Waals surface area contributed by atoms with Gasteiger partial charge >= 0.3 is 6.09 Å². The summed E-state index contributed by atoms with van der Waals surface area (Å²) >= 11 is 6.28. The largest absolute Gasteiger partial charge is 0.465 e. The number of fused-ring (bicyclic) bond motifs is 2. The first-order valence-corrected chi connectivity index (χ1v) is 7.82. The van der Waals surface area contributed by atoms with Crippen LogP contribution in [0, 0.1) is 0 Å². The van der Waals surface area contributed by atoms with Crippen molar-refractivity contribution in [1.82, 2.24) is 24.1 Å². The van der Waals surface area contributed by atoms with Crippen molar-refractivity contribution in [3.63, 3.8) is 0 Å². The highest BCUT2D eigenvalue weighted by atomic mass is 35.5. The third-order valence-corrected chi connectivity index (χ3v) is 4.54. The number of carbonyl (C=O) groups excluding carboxylic acids is 1. The van der Waals surface area contributed by atoms with Crippen LogP contribution in [-0.2, 0) is 13.1 Å². The molecule has 0 unspecified atom stereocenters. The second kappa shape index (κ2) is 5.49. The summed E-state index contributed by atoms with van der Waals surface area (Å²) in [6.07, 6.45) is 3.93. The lowest BCUT2D eigenvalue weighted by Crippen LogP contribution is -2.38. The van der Waals surface area contributed by atoms with Crippen LogP contribution >= 0.6 is 11.6 Å². The summed E-state index contributed by atoms with van der Waals surface area (Å²) in [5.74, 6) is -0.662. The number of nitrogens with zero attached hydrogens (tertiary/aromatic N) is 5. The van der Waals surface area contributed by atoms with Gasteiger partial charge in [0.2, 0.25) is 0 Å². The molecule has 4 heterocycles. The number of pyridine rings is 1. The lowest BCUT2D eigenvalue weighted by molar-refractivity contribution is 0.0993. The highest BCUT2D eigenvalue weighted by Crippen LogP contribution is 2.31. The quantitative estimate of drug-likeness (QED) is 0.716. The first-order chi connectivity index (χ1) is 12.0. The predicted molar refractivity (Wildman–Crippen MR) is 88.4 cm³/mol. The number of hydrogen-bond donors (Lipinski definition) is 2. The number of amides is 2. The number of carbonyl (C=O) groups is 2. The first-order valence-electron chi connectivity index (χ1n) is 7.44. The number of halogens is 1. The molecule has 4 rings (SSSR count). The van der Waals surface area contributed by atoms with Crippen LogP contribution in [0.2, 0.25) is 5.02 Å². The summed E-state index contributed by atoms with van der Waals surface area (Å²) < 4.78 is 3.35. The molecule has 0 saturated carbocycles. The first kappa shape index (κ1) is 15.5. The zero-order valence-electron chi connectivity index (χ0n) is 12.9. The van der Waals surface area contributed by atoms with Crippen LogP contribution < -0.4 is 5.73 Å². The van der Waals surface area contributed by atoms with Gasteiger partial charge in [0, 0.05) is 18.3 Å². The minimum Gasteiger partial charge on any atom is -0.465 e. The molecule has 128 valence electrons. The Kier molecular flexibility index (Phi) is 3.39. The standard InChI is InChI=1S/C15H13ClN6O3/c16-9-3-8(5-21-7-18-4-10(9)21)13-12(14(17)23)11-6-20(15(24)25)1-2-22(11)19-13/h3-5,7H,1-2,6H2,(H2,17,23)(H,24,25). The van der Waals surface area contributed by atoms with Gasteiger partial charge in [-0.25, -0.2) is 9.78 Å². The molecule has 0 fully saturated rings. The van der Waals surface area contributed by atoms with Crippen molar-refractivity contribution in [3.8, 4) is 11.3 Å². The van der Waals surface area contributed by atoms with Crippen LogP contribution in [0.5, 0.6) is 0 Å². The van der Waals surface area contributed by atoms with E-state index in [9.17, 15) is 14.7 Å². The highest BCUT2D eigenvalue weighted by Gasteiger charge is 2.29. The molecular formula is C15H13ClN6O3. The molecule has 0 bridgehead atoms. The Morgan fingerprint density at radius 2 is 2.12 bits per heavy atom. The third kappa shape index (κ3) is 2.40. The van der Waals surface area contributed by atoms with Gasteiger partial charge in [0.1, 0.15) is 5.69 Å². The van der Waals surface area contributed by atoms with Crippen LogP contribution in [0.1, 0.15) is 16.1 Å². The summed E-state index contributed by atoms with van der Waals surface area (Å²) in [5, 5.41) is 14.1. The maximum Gasteiger partial charge on any atom is 0.407 e. The minimum absolute atomic E-state index is 0.0572. The number of imidazole rings is 1. The van der Waals surface area contributed by atoms with Crippen LogP contribution in [0.3, 0.4) is 0 Å². The number of hydrogen-bond acceptors (Lipinski definition) is 4. The van der Waals surface area contributed by atoms with Crippen LogP contribution in [0.25, 0.3) is 16.8 Å². The fourth-order valence-electron chi connectivity index (χ4n) is 3.06. The van der Waals surface area contributed by atoms with Crippen LogP contribution in [-0.4, -0.2) is 47.7 Å². The molecule has 3 N–H and O–H groups in total. The van der Waals surface area contributed by atoms with Gasteiger partial charge in [-0.3, -0.25) is 9.48 Å². The van der Waals surface area contributed by atoms with Gasteiger partial charge in [0.25, 0.3) is 5.91 Å². The second-order valence-electron chi connectivity index (χ2n) is 5.72. The molecule has 9 nitrogen and oxygen atoms in total. The summed E-state index contributed by atoms with van der Waals surface area (Å²) in [4.78, 5) is 28.5. The Balaban J connectivity index is 1.90. The van der Waals surface area contributed by atoms with E-state index in [1.807, 2.05) is 0 Å². The summed E-state index contributed by atoms with van der Waals surface area (Å²) in [6, 6.07) is 1.69. The summed E-state index contributed by atoms with van der Waals surface area (Å²) in [5.41, 5.74) is 7.97. The molecule has 1 aliphatic heterocycles. The van der Waals surface area contributed by atoms with E-state index in [0.717, 1.165) is 5.52 Å². The Morgan fingerprint density at radius 1 is 1.32 bits per heavy atom. The van der Waals surface area contributed by atoms with E-state index < -0.39 is 12.0 Å². The lowest BCUT2D eigenvalue weighted by Gasteiger charge is -2.25. The van der Waals surface area contributed by atoms with Gasteiger partial charge < -0.3 is 20.1 Å². The monoisotopic (exact) mass is 360 g/mol. The Bertz CT molecular complexity index is 1020. The number of primary amides is 1. The lowest BCUT2D eigenvalue weighted by atomic mass is 10.1. The topological polar surface area (TPSA) is 119 Å². The molecule has 0 aliphatic carbocycles. The smallest absolute Gasteiger partial charge is 0.407 e. The van der Waals surface area contributed by atoms with Crippen molar-refractivity contribution in [2.45, 2.75) is 13.1 Å². The molecule has 2 amide bonds. The van der Waals surface area contributed by atoms with Gasteiger partial charge in [-0.05, 0) is 6.07 Å². The predicted octanol–water partition coefficient (Wildman–Crippen LogP) is 1.44. The number of rotatable bonds is 2. The number of nitrogens with two attached hydrogens (primary N) is 1. The second-order valence-corrected chi connectivity index (χ2v) is 6.13. The van der Waals surface area contributed by atoms with E-state index in [2.05, 4.69) is 10.1 Å². The van der Waals surface area contributed by atoms with Gasteiger partial charge in [-0.15, -0.1) is 0 Å². The van der Waals surface area contributed by atoms with Gasteiger partial charge in [-0.1, -0.05) is 11.6 Å². The van der Waals surface area contributed by atoms with Crippen molar-refractivity contribution >= 4 is 29.1 Å². The van der Waals surface area contributed by atoms with Crippen molar-refractivity contribution in [2.24, 2.45) is 5.73 Å². The fourth-order valence-corrected chi connectivity index (χ4v) is 3.33. The zero-order chi connectivity index (χ0) is 17.7. The number of aromatic nitrogens is 4. The summed E-state index contributed by atoms with van der Waals surface area (Å²) in [7, 11) is 0. The van der Waals surface area contributed by atoms with Gasteiger partial charge in [0.05, 0.1) is 47.4 Å². The fraction of sp³-hybridized carbons (Fsp3) is 0.200. The van der Waals surface area contributed by atoms with Crippen molar-refractivity contribution in [1.29, 1.82) is 0 Å². The molecule has 10 heteroatoms. The average molecular weight is 361 g/mol. The molecule has 1 aliphatic rings. The van der Waals surface area contributed by atoms with E-state index in [-0.39, 0.29) is 12.1 Å². The van der Waals surface area contributed by atoms with Crippen LogP contribution in [0.15, 0.2) is 24.8 Å². The van der Waals surface area contributed by atoms with Crippen molar-refractivity contribution in [3.05, 3.63) is 41.1 Å². The SMILES string of the molecule is NC(=O)c1c(-c2cc(Cl)c3cncn3c2)nn2c1CN(C(=O)O)CC2. The van der Waals surface area contributed by atoms with Gasteiger partial charge in [-0.2, -0.15) is 5.10 Å². The highest BCUT2D eigenvalue weighted by molar-refractivity contribution is 6.34. The van der Waals surface area contributed by atoms with Gasteiger partial charge in [0.15, 0.2) is 0 Å². The van der Waals surface area contributed by atoms with E-state index in [0.29, 0.717) is 35.1 Å². The molecule has 0 spiro atoms. The maximum absolute atomic E-state index is 12.1. The average Bonchev–Trinajstić information content (AvgIpc) is 3.18.